The minimum atomic E-state index is -1.10. The lowest BCUT2D eigenvalue weighted by molar-refractivity contribution is -0.143. The van der Waals surface area contributed by atoms with Gasteiger partial charge in [-0.15, -0.1) is 0 Å². The molecule has 5 N–H and O–H groups in total. The number of carbonyl (C=O) groups excluding carboxylic acids is 6. The highest BCUT2D eigenvalue weighted by molar-refractivity contribution is 6.37. The summed E-state index contributed by atoms with van der Waals surface area (Å²) in [5, 5.41) is 8.36. The van der Waals surface area contributed by atoms with Crippen molar-refractivity contribution >= 4 is 35.3 Å². The second-order valence-electron chi connectivity index (χ2n) is 14.4. The number of nitrogens with one attached hydrogen (secondary N) is 3. The molecular formula is C31H51N5O6. The number of carbonyl (C=O) groups is 6. The highest BCUT2D eigenvalue weighted by Crippen LogP contribution is 2.35. The average molecular weight is 590 g/mol. The fourth-order valence-corrected chi connectivity index (χ4v) is 5.84. The summed E-state index contributed by atoms with van der Waals surface area (Å²) in [6.45, 7) is 13.6. The van der Waals surface area contributed by atoms with E-state index in [0.29, 0.717) is 19.4 Å². The normalized spacial score (nSPS) is 23.1. The van der Waals surface area contributed by atoms with Crippen molar-refractivity contribution in [3.63, 3.8) is 0 Å². The predicted octanol–water partition coefficient (Wildman–Crippen LogP) is 2.31. The smallest absolute Gasteiger partial charge is 0.316 e. The maximum Gasteiger partial charge on any atom is 0.316 e. The lowest BCUT2D eigenvalue weighted by atomic mass is 9.78. The second-order valence-corrected chi connectivity index (χ2v) is 14.4. The molecule has 0 radical (unpaired) electrons. The lowest BCUT2D eigenvalue weighted by Gasteiger charge is -2.36. The number of hydrogen-bond acceptors (Lipinski definition) is 6. The Morgan fingerprint density at radius 3 is 1.98 bits per heavy atom. The Morgan fingerprint density at radius 1 is 0.905 bits per heavy atom. The third-order valence-electron chi connectivity index (χ3n) is 9.16. The van der Waals surface area contributed by atoms with Crippen LogP contribution in [0, 0.1) is 35.0 Å². The van der Waals surface area contributed by atoms with Crippen LogP contribution in [0.1, 0.15) is 93.4 Å². The van der Waals surface area contributed by atoms with Gasteiger partial charge in [-0.1, -0.05) is 67.7 Å². The van der Waals surface area contributed by atoms with Crippen LogP contribution in [0.5, 0.6) is 0 Å². The average Bonchev–Trinajstić information content (AvgIpc) is 3.55. The van der Waals surface area contributed by atoms with Crippen LogP contribution in [0.2, 0.25) is 0 Å². The van der Waals surface area contributed by atoms with Crippen molar-refractivity contribution in [3.05, 3.63) is 0 Å². The molecule has 1 aliphatic heterocycles. The van der Waals surface area contributed by atoms with Gasteiger partial charge < -0.3 is 26.6 Å². The van der Waals surface area contributed by atoms with Gasteiger partial charge in [0.1, 0.15) is 12.1 Å². The summed E-state index contributed by atoms with van der Waals surface area (Å²) in [4.78, 5) is 79.6. The molecule has 0 aromatic rings. The van der Waals surface area contributed by atoms with Crippen LogP contribution in [0.15, 0.2) is 0 Å². The largest absolute Gasteiger partial charge is 0.363 e. The molecule has 5 atom stereocenters. The third kappa shape index (κ3) is 8.31. The van der Waals surface area contributed by atoms with E-state index in [0.717, 1.165) is 32.1 Å². The van der Waals surface area contributed by atoms with Gasteiger partial charge in [0.15, 0.2) is 5.78 Å². The minimum Gasteiger partial charge on any atom is -0.363 e. The third-order valence-corrected chi connectivity index (χ3v) is 9.16. The topological polar surface area (TPSA) is 168 Å². The van der Waals surface area contributed by atoms with Crippen molar-refractivity contribution in [3.8, 4) is 0 Å². The van der Waals surface area contributed by atoms with Crippen molar-refractivity contribution in [2.75, 3.05) is 6.54 Å². The number of primary amides is 1. The molecule has 11 nitrogen and oxygen atoms in total. The fraction of sp³-hybridized carbons (Fsp3) is 0.806. The number of hydrogen-bond donors (Lipinski definition) is 4. The molecule has 3 fully saturated rings. The van der Waals surface area contributed by atoms with Crippen LogP contribution in [0.3, 0.4) is 0 Å². The molecule has 236 valence electrons. The molecule has 0 aromatic heterocycles. The van der Waals surface area contributed by atoms with E-state index in [4.69, 9.17) is 5.73 Å². The SMILES string of the molecule is CC(C)[C@@H]1C[C@@H](C(=O)NC(CC2CC2)C(=O)C(N)=O)N(C(=O)[C@@H](NC(=O)N[C@H](C(=O)C2CCC2)C(C)C)C(C)(C)C)C1. The van der Waals surface area contributed by atoms with Gasteiger partial charge in [0.05, 0.1) is 12.1 Å². The summed E-state index contributed by atoms with van der Waals surface area (Å²) in [5.74, 6) is -2.53. The van der Waals surface area contributed by atoms with E-state index in [1.807, 2.05) is 48.5 Å². The van der Waals surface area contributed by atoms with E-state index in [1.165, 1.54) is 4.90 Å². The molecule has 1 saturated heterocycles. The Balaban J connectivity index is 1.79. The van der Waals surface area contributed by atoms with Gasteiger partial charge in [-0.25, -0.2) is 4.79 Å². The molecule has 0 aromatic carbocycles. The van der Waals surface area contributed by atoms with E-state index in [9.17, 15) is 28.8 Å². The van der Waals surface area contributed by atoms with Gasteiger partial charge >= 0.3 is 6.03 Å². The Labute approximate surface area is 249 Å². The summed E-state index contributed by atoms with van der Waals surface area (Å²) in [7, 11) is 0. The first-order valence-corrected chi connectivity index (χ1v) is 15.6. The first-order chi connectivity index (χ1) is 19.5. The van der Waals surface area contributed by atoms with E-state index in [1.54, 1.807) is 0 Å². The molecule has 1 heterocycles. The zero-order valence-electron chi connectivity index (χ0n) is 26.3. The van der Waals surface area contributed by atoms with Crippen LogP contribution in [0.4, 0.5) is 4.79 Å². The Hall–Kier alpha value is -2.98. The summed E-state index contributed by atoms with van der Waals surface area (Å²) >= 11 is 0. The number of urea groups is 1. The molecule has 1 unspecified atom stereocenters. The number of ketones is 2. The van der Waals surface area contributed by atoms with Crippen LogP contribution >= 0.6 is 0 Å². The fourth-order valence-electron chi connectivity index (χ4n) is 5.84. The van der Waals surface area contributed by atoms with Crippen molar-refractivity contribution in [1.29, 1.82) is 0 Å². The second kappa shape index (κ2) is 13.5. The van der Waals surface area contributed by atoms with Gasteiger partial charge in [-0.3, -0.25) is 24.0 Å². The highest BCUT2D eigenvalue weighted by atomic mass is 16.2. The number of nitrogens with two attached hydrogens (primary N) is 1. The van der Waals surface area contributed by atoms with Gasteiger partial charge in [0.25, 0.3) is 5.91 Å². The van der Waals surface area contributed by atoms with E-state index in [-0.39, 0.29) is 35.4 Å². The standard InChI is InChI=1S/C31H51N5O6/c1-16(2)20-14-22(28(40)33-21(13-18-11-12-18)25(38)27(32)39)36(15-20)29(41)26(31(5,6)7)35-30(42)34-23(17(3)4)24(37)19-9-8-10-19/h16-23,26H,8-15H2,1-7H3,(H2,32,39)(H,33,40)(H2,34,35,42)/t20-,21?,22+,23+,26-/m1/s1. The van der Waals surface area contributed by atoms with Gasteiger partial charge in [-0.05, 0) is 54.8 Å². The van der Waals surface area contributed by atoms with Crippen LogP contribution < -0.4 is 21.7 Å². The van der Waals surface area contributed by atoms with Gasteiger partial charge in [0.2, 0.25) is 17.6 Å². The van der Waals surface area contributed by atoms with Gasteiger partial charge in [-0.2, -0.15) is 0 Å². The zero-order valence-corrected chi connectivity index (χ0v) is 26.3. The molecule has 0 bridgehead atoms. The van der Waals surface area contributed by atoms with Gasteiger partial charge in [0, 0.05) is 12.5 Å². The van der Waals surface area contributed by atoms with E-state index in [2.05, 4.69) is 16.0 Å². The molecule has 2 saturated carbocycles. The summed E-state index contributed by atoms with van der Waals surface area (Å²) < 4.78 is 0. The molecule has 3 rings (SSSR count). The van der Waals surface area contributed by atoms with E-state index >= 15 is 0 Å². The number of rotatable bonds is 13. The van der Waals surface area contributed by atoms with E-state index < -0.39 is 59.1 Å². The Morgan fingerprint density at radius 2 is 1.52 bits per heavy atom. The van der Waals surface area contributed by atoms with Crippen LogP contribution in [0.25, 0.3) is 0 Å². The maximum atomic E-state index is 14.1. The molecular weight excluding hydrogens is 538 g/mol. The summed E-state index contributed by atoms with van der Waals surface area (Å²) in [6.07, 6.45) is 5.25. The zero-order chi connectivity index (χ0) is 31.5. The first kappa shape index (κ1) is 33.5. The molecule has 42 heavy (non-hydrogen) atoms. The predicted molar refractivity (Wildman–Crippen MR) is 158 cm³/mol. The summed E-state index contributed by atoms with van der Waals surface area (Å²) in [5.41, 5.74) is 4.55. The lowest BCUT2D eigenvalue weighted by Crippen LogP contribution is -2.61. The molecule has 11 heteroatoms. The van der Waals surface area contributed by atoms with Crippen LogP contribution in [-0.4, -0.2) is 70.9 Å². The number of Topliss-reactive ketones (excluding diaryl/α,β-unsaturated/α-hetero) is 2. The van der Waals surface area contributed by atoms with Crippen LogP contribution in [-0.2, 0) is 24.0 Å². The molecule has 2 aliphatic carbocycles. The first-order valence-electron chi connectivity index (χ1n) is 15.6. The molecule has 0 spiro atoms. The van der Waals surface area contributed by atoms with Crippen molar-refractivity contribution < 1.29 is 28.8 Å². The van der Waals surface area contributed by atoms with Crippen molar-refractivity contribution in [1.82, 2.24) is 20.9 Å². The maximum absolute atomic E-state index is 14.1. The van der Waals surface area contributed by atoms with Crippen molar-refractivity contribution in [2.24, 2.45) is 40.7 Å². The molecule has 3 aliphatic rings. The monoisotopic (exact) mass is 589 g/mol. The summed E-state index contributed by atoms with van der Waals surface area (Å²) in [6, 6.07) is -4.15. The Kier molecular flexibility index (Phi) is 10.8. The quantitative estimate of drug-likeness (QED) is 0.240. The minimum absolute atomic E-state index is 0.0207. The number of likely N-dealkylation sites (tertiary alicyclic amines) is 1. The Bertz CT molecular complexity index is 1060. The van der Waals surface area contributed by atoms with Crippen molar-refractivity contribution in [2.45, 2.75) is 118 Å². The number of nitrogens with zero attached hydrogens (tertiary/aromatic N) is 1. The number of amides is 5. The highest BCUT2D eigenvalue weighted by Gasteiger charge is 2.46. The molecule has 5 amide bonds.